The maximum atomic E-state index is 12.5. The molecule has 2 amide bonds. The Bertz CT molecular complexity index is 960. The van der Waals surface area contributed by atoms with Gasteiger partial charge in [0.15, 0.2) is 5.82 Å². The van der Waals surface area contributed by atoms with E-state index in [4.69, 9.17) is 0 Å². The fourth-order valence-electron chi connectivity index (χ4n) is 3.03. The number of para-hydroxylation sites is 2. The van der Waals surface area contributed by atoms with Crippen LogP contribution in [0.25, 0.3) is 11.0 Å². The van der Waals surface area contributed by atoms with Gasteiger partial charge >= 0.3 is 0 Å². The molecule has 2 aromatic heterocycles. The zero-order valence-corrected chi connectivity index (χ0v) is 14.0. The fourth-order valence-corrected chi connectivity index (χ4v) is 3.03. The highest BCUT2D eigenvalue weighted by molar-refractivity contribution is 5.97. The molecule has 26 heavy (non-hydrogen) atoms. The summed E-state index contributed by atoms with van der Waals surface area (Å²) < 4.78 is 0. The van der Waals surface area contributed by atoms with Crippen LogP contribution in [0, 0.1) is 5.92 Å². The molecule has 1 fully saturated rings. The Kier molecular flexibility index (Phi) is 4.27. The van der Waals surface area contributed by atoms with Crippen LogP contribution < -0.4 is 5.32 Å². The summed E-state index contributed by atoms with van der Waals surface area (Å²) in [6.45, 7) is 0.793. The molecule has 0 bridgehead atoms. The van der Waals surface area contributed by atoms with Crippen molar-refractivity contribution in [2.45, 2.75) is 13.0 Å². The van der Waals surface area contributed by atoms with Gasteiger partial charge in [0.05, 0.1) is 35.4 Å². The monoisotopic (exact) mass is 347 g/mol. The van der Waals surface area contributed by atoms with Gasteiger partial charge in [-0.2, -0.15) is 0 Å². The Labute approximate surface area is 150 Å². The van der Waals surface area contributed by atoms with Gasteiger partial charge in [0.1, 0.15) is 0 Å². The summed E-state index contributed by atoms with van der Waals surface area (Å²) in [7, 11) is 0. The summed E-state index contributed by atoms with van der Waals surface area (Å²) in [5, 5.41) is 2.77. The first-order valence-electron chi connectivity index (χ1n) is 8.39. The lowest BCUT2D eigenvalue weighted by Gasteiger charge is -2.16. The quantitative estimate of drug-likeness (QED) is 0.780. The molecule has 7 nitrogen and oxygen atoms in total. The van der Waals surface area contributed by atoms with Crippen molar-refractivity contribution >= 4 is 28.7 Å². The molecule has 1 saturated heterocycles. The van der Waals surface area contributed by atoms with E-state index in [-0.39, 0.29) is 18.2 Å². The smallest absolute Gasteiger partial charge is 0.230 e. The van der Waals surface area contributed by atoms with Crippen LogP contribution in [-0.2, 0) is 16.1 Å². The Morgan fingerprint density at radius 1 is 1.12 bits per heavy atom. The molecule has 130 valence electrons. The normalized spacial score (nSPS) is 16.8. The van der Waals surface area contributed by atoms with Crippen LogP contribution >= 0.6 is 0 Å². The summed E-state index contributed by atoms with van der Waals surface area (Å²) in [6, 6.07) is 13.0. The van der Waals surface area contributed by atoms with Crippen LogP contribution in [0.2, 0.25) is 0 Å². The first-order valence-corrected chi connectivity index (χ1v) is 8.39. The van der Waals surface area contributed by atoms with Gasteiger partial charge in [0.2, 0.25) is 11.8 Å². The van der Waals surface area contributed by atoms with E-state index in [0.717, 1.165) is 11.2 Å². The molecule has 7 heteroatoms. The number of hydrogen-bond donors (Lipinski definition) is 1. The summed E-state index contributed by atoms with van der Waals surface area (Å²) >= 11 is 0. The van der Waals surface area contributed by atoms with Crippen LogP contribution in [0.3, 0.4) is 0 Å². The minimum absolute atomic E-state index is 0.0413. The third-order valence-corrected chi connectivity index (χ3v) is 4.36. The van der Waals surface area contributed by atoms with Crippen molar-refractivity contribution in [3.05, 3.63) is 60.6 Å². The molecule has 1 aromatic carbocycles. The molecule has 0 unspecified atom stereocenters. The highest BCUT2D eigenvalue weighted by Gasteiger charge is 2.34. The first kappa shape index (κ1) is 16.1. The van der Waals surface area contributed by atoms with E-state index in [0.29, 0.717) is 24.4 Å². The van der Waals surface area contributed by atoms with E-state index < -0.39 is 5.92 Å². The number of benzene rings is 1. The third kappa shape index (κ3) is 3.37. The van der Waals surface area contributed by atoms with Crippen molar-refractivity contribution in [2.75, 3.05) is 11.9 Å². The minimum Gasteiger partial charge on any atom is -0.336 e. The van der Waals surface area contributed by atoms with Crippen molar-refractivity contribution in [3.63, 3.8) is 0 Å². The third-order valence-electron chi connectivity index (χ3n) is 4.36. The fraction of sp³-hybridized carbons (Fsp3) is 0.211. The van der Waals surface area contributed by atoms with Gasteiger partial charge in [0, 0.05) is 19.2 Å². The lowest BCUT2D eigenvalue weighted by Crippen LogP contribution is -2.28. The summed E-state index contributed by atoms with van der Waals surface area (Å²) in [4.78, 5) is 39.3. The van der Waals surface area contributed by atoms with E-state index in [9.17, 15) is 9.59 Å². The zero-order valence-electron chi connectivity index (χ0n) is 14.0. The topological polar surface area (TPSA) is 88.1 Å². The number of aromatic nitrogens is 3. The van der Waals surface area contributed by atoms with Crippen LogP contribution in [0.5, 0.6) is 0 Å². The molecule has 1 aliphatic rings. The van der Waals surface area contributed by atoms with Crippen LogP contribution in [0.15, 0.2) is 54.9 Å². The molecule has 1 aliphatic heterocycles. The average Bonchev–Trinajstić information content (AvgIpc) is 3.03. The van der Waals surface area contributed by atoms with E-state index in [1.165, 1.54) is 6.20 Å². The van der Waals surface area contributed by atoms with Crippen LogP contribution in [0.4, 0.5) is 5.82 Å². The number of hydrogen-bond acceptors (Lipinski definition) is 5. The van der Waals surface area contributed by atoms with Crippen LogP contribution in [-0.4, -0.2) is 38.2 Å². The van der Waals surface area contributed by atoms with E-state index in [1.54, 1.807) is 11.1 Å². The maximum absolute atomic E-state index is 12.5. The van der Waals surface area contributed by atoms with Crippen LogP contribution in [0.1, 0.15) is 12.1 Å². The number of carbonyl (C=O) groups is 2. The highest BCUT2D eigenvalue weighted by atomic mass is 16.2. The number of nitrogens with zero attached hydrogens (tertiary/aromatic N) is 4. The molecule has 0 aliphatic carbocycles. The summed E-state index contributed by atoms with van der Waals surface area (Å²) in [5.74, 6) is -0.268. The zero-order chi connectivity index (χ0) is 17.9. The molecule has 1 N–H and O–H groups in total. The van der Waals surface area contributed by atoms with Crippen molar-refractivity contribution in [1.82, 2.24) is 19.9 Å². The van der Waals surface area contributed by atoms with Gasteiger partial charge in [-0.1, -0.05) is 18.2 Å². The molecule has 4 rings (SSSR count). The lowest BCUT2D eigenvalue weighted by molar-refractivity contribution is -0.128. The second-order valence-corrected chi connectivity index (χ2v) is 6.23. The molecule has 0 saturated carbocycles. The van der Waals surface area contributed by atoms with Crippen molar-refractivity contribution in [2.24, 2.45) is 5.92 Å². The SMILES string of the molecule is O=C(Nc1cnc2ccccc2n1)[C@@H]1CC(=O)N(Cc2ccccn2)C1. The number of anilines is 1. The number of rotatable bonds is 4. The maximum Gasteiger partial charge on any atom is 0.230 e. The number of nitrogens with one attached hydrogen (secondary N) is 1. The van der Waals surface area contributed by atoms with Crippen molar-refractivity contribution in [1.29, 1.82) is 0 Å². The number of fused-ring (bicyclic) bond motifs is 1. The van der Waals surface area contributed by atoms with Crippen molar-refractivity contribution in [3.8, 4) is 0 Å². The predicted molar refractivity (Wildman–Crippen MR) is 95.9 cm³/mol. The predicted octanol–water partition coefficient (Wildman–Crippen LogP) is 2.01. The van der Waals surface area contributed by atoms with Gasteiger partial charge in [-0.3, -0.25) is 19.6 Å². The molecule has 1 atom stereocenters. The molecular formula is C19H17N5O2. The van der Waals surface area contributed by atoms with Crippen molar-refractivity contribution < 1.29 is 9.59 Å². The summed E-state index contributed by atoms with van der Waals surface area (Å²) in [6.07, 6.45) is 3.42. The van der Waals surface area contributed by atoms with Gasteiger partial charge in [-0.25, -0.2) is 4.98 Å². The summed E-state index contributed by atoms with van der Waals surface area (Å²) in [5.41, 5.74) is 2.29. The van der Waals surface area contributed by atoms with Gasteiger partial charge < -0.3 is 10.2 Å². The molecule has 0 spiro atoms. The average molecular weight is 347 g/mol. The second kappa shape index (κ2) is 6.87. The lowest BCUT2D eigenvalue weighted by atomic mass is 10.1. The van der Waals surface area contributed by atoms with E-state index in [1.807, 2.05) is 42.5 Å². The number of carbonyl (C=O) groups excluding carboxylic acids is 2. The second-order valence-electron chi connectivity index (χ2n) is 6.23. The van der Waals surface area contributed by atoms with Gasteiger partial charge in [-0.15, -0.1) is 0 Å². The van der Waals surface area contributed by atoms with Gasteiger partial charge in [0.25, 0.3) is 0 Å². The number of amides is 2. The Hall–Kier alpha value is -3.35. The molecule has 3 heterocycles. The minimum atomic E-state index is -0.403. The Morgan fingerprint density at radius 2 is 1.92 bits per heavy atom. The number of pyridine rings is 1. The Morgan fingerprint density at radius 3 is 2.73 bits per heavy atom. The molecule has 0 radical (unpaired) electrons. The standard InChI is InChI=1S/C19H17N5O2/c25-18-9-13(11-24(18)12-14-5-3-4-8-20-14)19(26)23-17-10-21-15-6-1-2-7-16(15)22-17/h1-8,10,13H,9,11-12H2,(H,22,23,26)/t13-/m1/s1. The molecular weight excluding hydrogens is 330 g/mol. The van der Waals surface area contributed by atoms with Gasteiger partial charge in [-0.05, 0) is 24.3 Å². The van der Waals surface area contributed by atoms with E-state index in [2.05, 4.69) is 20.3 Å². The Balaban J connectivity index is 1.42. The van der Waals surface area contributed by atoms with E-state index >= 15 is 0 Å². The molecule has 3 aromatic rings. The largest absolute Gasteiger partial charge is 0.336 e. The first-order chi connectivity index (χ1) is 12.7. The highest BCUT2D eigenvalue weighted by Crippen LogP contribution is 2.21. The number of likely N-dealkylation sites (tertiary alicyclic amines) is 1.